The molecule has 0 aliphatic carbocycles. The summed E-state index contributed by atoms with van der Waals surface area (Å²) in [6.45, 7) is 13.7. The van der Waals surface area contributed by atoms with Crippen LogP contribution >= 0.6 is 0 Å². The van der Waals surface area contributed by atoms with E-state index in [1.807, 2.05) is 20.8 Å². The van der Waals surface area contributed by atoms with Gasteiger partial charge in [0.1, 0.15) is 47.7 Å². The largest absolute Gasteiger partial charge is 0.507 e. The van der Waals surface area contributed by atoms with E-state index in [4.69, 9.17) is 38.6 Å². The minimum atomic E-state index is -0.563. The summed E-state index contributed by atoms with van der Waals surface area (Å²) in [5.41, 5.74) is 0.719. The van der Waals surface area contributed by atoms with Crippen molar-refractivity contribution in [2.75, 3.05) is 33.0 Å². The zero-order valence-electron chi connectivity index (χ0n) is 31.4. The van der Waals surface area contributed by atoms with E-state index in [1.54, 1.807) is 54.6 Å². The first-order valence-electron chi connectivity index (χ1n) is 18.4. The number of phenolic OH excluding ortho intramolecular Hbond substituents is 2. The van der Waals surface area contributed by atoms with E-state index in [1.165, 1.54) is 0 Å². The lowest BCUT2D eigenvalue weighted by molar-refractivity contribution is -0.154. The Balaban J connectivity index is 1.74. The van der Waals surface area contributed by atoms with Crippen LogP contribution in [-0.2, 0) is 9.53 Å². The maximum Gasteiger partial charge on any atom is 0.311 e. The van der Waals surface area contributed by atoms with E-state index in [-0.39, 0.29) is 48.2 Å². The summed E-state index contributed by atoms with van der Waals surface area (Å²) in [6.07, 6.45) is 6.19. The fourth-order valence-corrected chi connectivity index (χ4v) is 4.84. The molecule has 52 heavy (non-hydrogen) atoms. The number of esters is 1. The molecule has 0 saturated carbocycles. The molecule has 280 valence electrons. The molecule has 11 nitrogen and oxygen atoms in total. The summed E-state index contributed by atoms with van der Waals surface area (Å²) in [6, 6.07) is 15.3. The number of benzene rings is 3. The van der Waals surface area contributed by atoms with Gasteiger partial charge in [-0.25, -0.2) is 15.0 Å². The number of carbonyl (C=O) groups excluding carboxylic acids is 1. The molecule has 4 rings (SSSR count). The summed E-state index contributed by atoms with van der Waals surface area (Å²) >= 11 is 0. The van der Waals surface area contributed by atoms with Gasteiger partial charge in [0.25, 0.3) is 0 Å². The highest BCUT2D eigenvalue weighted by atomic mass is 16.6. The first-order chi connectivity index (χ1) is 25.1. The van der Waals surface area contributed by atoms with Crippen LogP contribution in [0.3, 0.4) is 0 Å². The average molecular weight is 716 g/mol. The zero-order chi connectivity index (χ0) is 37.5. The molecule has 0 amide bonds. The van der Waals surface area contributed by atoms with Gasteiger partial charge < -0.3 is 33.9 Å². The van der Waals surface area contributed by atoms with Crippen molar-refractivity contribution >= 4 is 5.97 Å². The van der Waals surface area contributed by atoms with Crippen molar-refractivity contribution in [1.82, 2.24) is 15.0 Å². The van der Waals surface area contributed by atoms with Gasteiger partial charge in [-0.15, -0.1) is 0 Å². The third kappa shape index (κ3) is 11.0. The SMILES string of the molecule is CCCCOc1ccc(-c2nc(-c3ccc(OCCCC)cc3O)nc(-c3ccc(OCCOC(=O)C(C)(C)CC)cc3OCCCC)n2)c(O)c1. The Kier molecular flexibility index (Phi) is 14.9. The van der Waals surface area contributed by atoms with Crippen LogP contribution < -0.4 is 18.9 Å². The lowest BCUT2D eigenvalue weighted by Gasteiger charge is -2.20. The number of unbranched alkanes of at least 4 members (excludes halogenated alkanes) is 3. The van der Waals surface area contributed by atoms with Gasteiger partial charge in [0.05, 0.1) is 41.9 Å². The molecule has 0 fully saturated rings. The minimum Gasteiger partial charge on any atom is -0.507 e. The predicted octanol–water partition coefficient (Wildman–Crippen LogP) is 9.18. The van der Waals surface area contributed by atoms with E-state index in [0.717, 1.165) is 38.5 Å². The van der Waals surface area contributed by atoms with Gasteiger partial charge in [0.15, 0.2) is 17.5 Å². The highest BCUT2D eigenvalue weighted by Gasteiger charge is 2.27. The number of nitrogens with zero attached hydrogens (tertiary/aromatic N) is 3. The first-order valence-corrected chi connectivity index (χ1v) is 18.4. The molecule has 1 aromatic heterocycles. The summed E-state index contributed by atoms with van der Waals surface area (Å²) in [4.78, 5) is 26.7. The first kappa shape index (κ1) is 39.7. The minimum absolute atomic E-state index is 0.0628. The summed E-state index contributed by atoms with van der Waals surface area (Å²) in [5.74, 6) is 2.31. The molecule has 0 aliphatic rings. The number of ether oxygens (including phenoxy) is 5. The summed E-state index contributed by atoms with van der Waals surface area (Å²) < 4.78 is 29.2. The van der Waals surface area contributed by atoms with Crippen molar-refractivity contribution in [2.24, 2.45) is 5.41 Å². The molecule has 0 radical (unpaired) electrons. The predicted molar refractivity (Wildman–Crippen MR) is 201 cm³/mol. The standard InChI is InChI=1S/C41H53N3O8/c1-7-11-20-48-28-14-17-31(34(45)25-28)37-42-38(32-18-15-29(26-35(32)46)49-21-12-8-2)44-39(43-37)33-19-16-30(27-36(33)51-22-13-9-3)50-23-24-52-40(47)41(5,6)10-4/h14-19,25-27,45-46H,7-13,20-24H2,1-6H3. The van der Waals surface area contributed by atoms with Crippen LogP contribution in [0.4, 0.5) is 0 Å². The molecule has 0 aliphatic heterocycles. The molecule has 0 spiro atoms. The third-order valence-electron chi connectivity index (χ3n) is 8.56. The maximum atomic E-state index is 12.4. The normalized spacial score (nSPS) is 11.3. The Morgan fingerprint density at radius 2 is 1.00 bits per heavy atom. The lowest BCUT2D eigenvalue weighted by Crippen LogP contribution is -2.27. The van der Waals surface area contributed by atoms with Gasteiger partial charge in [-0.3, -0.25) is 4.79 Å². The Hall–Kier alpha value is -5.06. The maximum absolute atomic E-state index is 12.4. The second kappa shape index (κ2) is 19.5. The van der Waals surface area contributed by atoms with Crippen LogP contribution in [0.15, 0.2) is 54.6 Å². The average Bonchev–Trinajstić information content (AvgIpc) is 3.13. The van der Waals surface area contributed by atoms with E-state index in [9.17, 15) is 15.0 Å². The van der Waals surface area contributed by atoms with Crippen molar-refractivity contribution in [2.45, 2.75) is 86.5 Å². The van der Waals surface area contributed by atoms with Gasteiger partial charge >= 0.3 is 5.97 Å². The molecule has 0 bridgehead atoms. The number of hydrogen-bond acceptors (Lipinski definition) is 11. The van der Waals surface area contributed by atoms with E-state index >= 15 is 0 Å². The molecule has 4 aromatic rings. The number of carbonyl (C=O) groups is 1. The van der Waals surface area contributed by atoms with Crippen molar-refractivity contribution in [3.8, 4) is 68.7 Å². The number of aromatic hydroxyl groups is 2. The zero-order valence-corrected chi connectivity index (χ0v) is 31.4. The highest BCUT2D eigenvalue weighted by Crippen LogP contribution is 2.38. The molecular weight excluding hydrogens is 662 g/mol. The Bertz CT molecular complexity index is 1680. The van der Waals surface area contributed by atoms with E-state index < -0.39 is 5.41 Å². The summed E-state index contributed by atoms with van der Waals surface area (Å²) in [5, 5.41) is 22.3. The monoisotopic (exact) mass is 715 g/mol. The molecule has 1 heterocycles. The van der Waals surface area contributed by atoms with E-state index in [0.29, 0.717) is 65.9 Å². The van der Waals surface area contributed by atoms with Gasteiger partial charge in [-0.2, -0.15) is 0 Å². The van der Waals surface area contributed by atoms with Gasteiger partial charge in [-0.1, -0.05) is 47.0 Å². The number of rotatable bonds is 21. The quantitative estimate of drug-likeness (QED) is 0.0630. The Labute approximate surface area is 307 Å². The topological polar surface area (TPSA) is 142 Å². The fraction of sp³-hybridized carbons (Fsp3) is 0.463. The van der Waals surface area contributed by atoms with Crippen molar-refractivity contribution in [3.63, 3.8) is 0 Å². The van der Waals surface area contributed by atoms with Crippen LogP contribution in [0, 0.1) is 5.41 Å². The number of hydrogen-bond donors (Lipinski definition) is 2. The van der Waals surface area contributed by atoms with Crippen molar-refractivity contribution in [3.05, 3.63) is 54.6 Å². The molecule has 11 heteroatoms. The van der Waals surface area contributed by atoms with Gasteiger partial charge in [0.2, 0.25) is 0 Å². The van der Waals surface area contributed by atoms with Gasteiger partial charge in [0, 0.05) is 18.2 Å². The second-order valence-electron chi connectivity index (χ2n) is 13.1. The Morgan fingerprint density at radius 1 is 0.577 bits per heavy atom. The smallest absolute Gasteiger partial charge is 0.311 e. The molecule has 0 unspecified atom stereocenters. The highest BCUT2D eigenvalue weighted by molar-refractivity contribution is 5.76. The van der Waals surface area contributed by atoms with Crippen LogP contribution in [0.2, 0.25) is 0 Å². The third-order valence-corrected chi connectivity index (χ3v) is 8.56. The van der Waals surface area contributed by atoms with Crippen molar-refractivity contribution < 1.29 is 38.7 Å². The molecular formula is C41H53N3O8. The van der Waals surface area contributed by atoms with E-state index in [2.05, 4.69) is 20.8 Å². The fourth-order valence-electron chi connectivity index (χ4n) is 4.84. The second-order valence-corrected chi connectivity index (χ2v) is 13.1. The van der Waals surface area contributed by atoms with Crippen LogP contribution in [0.5, 0.6) is 34.5 Å². The number of aromatic nitrogens is 3. The van der Waals surface area contributed by atoms with Gasteiger partial charge in [-0.05, 0) is 75.9 Å². The van der Waals surface area contributed by atoms with Crippen LogP contribution in [0.25, 0.3) is 34.2 Å². The van der Waals surface area contributed by atoms with Crippen LogP contribution in [-0.4, -0.2) is 64.2 Å². The van der Waals surface area contributed by atoms with Crippen molar-refractivity contribution in [1.29, 1.82) is 0 Å². The molecule has 0 saturated heterocycles. The number of phenols is 2. The Morgan fingerprint density at radius 3 is 1.46 bits per heavy atom. The van der Waals surface area contributed by atoms with Crippen LogP contribution in [0.1, 0.15) is 86.5 Å². The molecule has 2 N–H and O–H groups in total. The summed E-state index contributed by atoms with van der Waals surface area (Å²) in [7, 11) is 0. The molecule has 3 aromatic carbocycles. The molecule has 0 atom stereocenters. The lowest BCUT2D eigenvalue weighted by atomic mass is 9.91.